The molecule has 0 atom stereocenters. The molecule has 0 saturated carbocycles. The largest absolute Gasteiger partial charge is 0.309 e. The molecule has 1 aliphatic rings. The zero-order chi connectivity index (χ0) is 9.52. The number of nitrogens with zero attached hydrogens (tertiary/aromatic N) is 1. The van der Waals surface area contributed by atoms with E-state index in [0.717, 1.165) is 13.0 Å². The standard InChI is InChI=1S/C10H21N3/c1-3-5-6-8-13-10(7-4-2)9-11-12-13/h9,11-12H,3-8H2,1-2H3. The van der Waals surface area contributed by atoms with Crippen molar-refractivity contribution in [3.8, 4) is 0 Å². The van der Waals surface area contributed by atoms with Crippen LogP contribution >= 0.6 is 0 Å². The molecule has 2 N–H and O–H groups in total. The minimum absolute atomic E-state index is 1.12. The van der Waals surface area contributed by atoms with Crippen LogP contribution in [-0.4, -0.2) is 11.6 Å². The molecule has 1 aliphatic heterocycles. The number of rotatable bonds is 6. The van der Waals surface area contributed by atoms with Crippen molar-refractivity contribution in [3.63, 3.8) is 0 Å². The first kappa shape index (κ1) is 10.4. The number of allylic oxidation sites excluding steroid dienone is 1. The molecule has 0 aromatic rings. The summed E-state index contributed by atoms with van der Waals surface area (Å²) < 4.78 is 0. The van der Waals surface area contributed by atoms with E-state index in [1.165, 1.54) is 31.4 Å². The second-order valence-electron chi connectivity index (χ2n) is 3.50. The molecule has 0 bridgehead atoms. The monoisotopic (exact) mass is 183 g/mol. The van der Waals surface area contributed by atoms with Gasteiger partial charge in [0.25, 0.3) is 0 Å². The summed E-state index contributed by atoms with van der Waals surface area (Å²) in [6.45, 7) is 5.56. The van der Waals surface area contributed by atoms with Gasteiger partial charge < -0.3 is 5.43 Å². The van der Waals surface area contributed by atoms with Gasteiger partial charge in [0, 0.05) is 18.4 Å². The fourth-order valence-electron chi connectivity index (χ4n) is 1.53. The Hall–Kier alpha value is -0.700. The Balaban J connectivity index is 2.21. The number of hydrazine groups is 2. The highest BCUT2D eigenvalue weighted by atomic mass is 15.7. The number of nitrogens with one attached hydrogen (secondary N) is 2. The van der Waals surface area contributed by atoms with E-state index in [-0.39, 0.29) is 0 Å². The van der Waals surface area contributed by atoms with Gasteiger partial charge in [0.1, 0.15) is 0 Å². The Morgan fingerprint density at radius 3 is 2.77 bits per heavy atom. The highest BCUT2D eigenvalue weighted by molar-refractivity contribution is 5.01. The molecular weight excluding hydrogens is 162 g/mol. The lowest BCUT2D eigenvalue weighted by molar-refractivity contribution is 0.239. The summed E-state index contributed by atoms with van der Waals surface area (Å²) >= 11 is 0. The first-order valence-corrected chi connectivity index (χ1v) is 5.36. The molecule has 1 heterocycles. The SMILES string of the molecule is CCCCCN1NNC=C1CCC. The van der Waals surface area contributed by atoms with Crippen LogP contribution in [0.1, 0.15) is 46.0 Å². The third-order valence-electron chi connectivity index (χ3n) is 2.28. The van der Waals surface area contributed by atoms with Gasteiger partial charge in [-0.1, -0.05) is 33.1 Å². The topological polar surface area (TPSA) is 27.3 Å². The van der Waals surface area contributed by atoms with Crippen LogP contribution in [0.2, 0.25) is 0 Å². The fraction of sp³-hybridized carbons (Fsp3) is 0.800. The fourth-order valence-corrected chi connectivity index (χ4v) is 1.53. The van der Waals surface area contributed by atoms with Crippen LogP contribution in [-0.2, 0) is 0 Å². The van der Waals surface area contributed by atoms with Gasteiger partial charge in [-0.15, -0.1) is 5.53 Å². The summed E-state index contributed by atoms with van der Waals surface area (Å²) in [6.07, 6.45) is 8.30. The van der Waals surface area contributed by atoms with Crippen molar-refractivity contribution in [2.45, 2.75) is 46.0 Å². The molecule has 0 fully saturated rings. The minimum Gasteiger partial charge on any atom is -0.309 e. The summed E-state index contributed by atoms with van der Waals surface area (Å²) in [5.41, 5.74) is 7.58. The van der Waals surface area contributed by atoms with Crippen LogP contribution in [0.4, 0.5) is 0 Å². The zero-order valence-electron chi connectivity index (χ0n) is 8.77. The molecule has 0 radical (unpaired) electrons. The molecule has 0 saturated heterocycles. The maximum atomic E-state index is 3.14. The smallest absolute Gasteiger partial charge is 0.0482 e. The molecule has 0 aromatic carbocycles. The Labute approximate surface area is 81.1 Å². The molecule has 1 rings (SSSR count). The van der Waals surface area contributed by atoms with Gasteiger partial charge in [0.15, 0.2) is 0 Å². The zero-order valence-corrected chi connectivity index (χ0v) is 8.77. The third kappa shape index (κ3) is 3.27. The van der Waals surface area contributed by atoms with E-state index in [4.69, 9.17) is 0 Å². The van der Waals surface area contributed by atoms with Crippen LogP contribution < -0.4 is 11.0 Å². The molecule has 3 nitrogen and oxygen atoms in total. The first-order chi connectivity index (χ1) is 6.38. The highest BCUT2D eigenvalue weighted by Crippen LogP contribution is 2.12. The number of hydrogen-bond acceptors (Lipinski definition) is 3. The van der Waals surface area contributed by atoms with Gasteiger partial charge in [0.05, 0.1) is 0 Å². The first-order valence-electron chi connectivity index (χ1n) is 5.36. The predicted octanol–water partition coefficient (Wildman–Crippen LogP) is 2.14. The summed E-state index contributed by atoms with van der Waals surface area (Å²) in [5, 5.41) is 2.22. The van der Waals surface area contributed by atoms with Crippen molar-refractivity contribution < 1.29 is 0 Å². The van der Waals surface area contributed by atoms with Crippen molar-refractivity contribution >= 4 is 0 Å². The van der Waals surface area contributed by atoms with E-state index in [1.807, 2.05) is 0 Å². The molecule has 76 valence electrons. The number of unbranched alkanes of at least 4 members (excludes halogenated alkanes) is 2. The molecule has 0 unspecified atom stereocenters. The van der Waals surface area contributed by atoms with Gasteiger partial charge in [-0.3, -0.25) is 5.01 Å². The number of hydrogen-bond donors (Lipinski definition) is 2. The van der Waals surface area contributed by atoms with Gasteiger partial charge in [-0.05, 0) is 12.8 Å². The molecular formula is C10H21N3. The quantitative estimate of drug-likeness (QED) is 0.618. The molecule has 13 heavy (non-hydrogen) atoms. The Bertz CT molecular complexity index is 166. The van der Waals surface area contributed by atoms with Gasteiger partial charge in [-0.2, -0.15) is 0 Å². The highest BCUT2D eigenvalue weighted by Gasteiger charge is 2.11. The van der Waals surface area contributed by atoms with Crippen molar-refractivity contribution in [1.29, 1.82) is 0 Å². The van der Waals surface area contributed by atoms with Gasteiger partial charge in [0.2, 0.25) is 0 Å². The van der Waals surface area contributed by atoms with Crippen LogP contribution in [0, 0.1) is 0 Å². The van der Waals surface area contributed by atoms with E-state index in [1.54, 1.807) is 0 Å². The lowest BCUT2D eigenvalue weighted by Crippen LogP contribution is -2.38. The Morgan fingerprint density at radius 2 is 2.08 bits per heavy atom. The third-order valence-corrected chi connectivity index (χ3v) is 2.28. The van der Waals surface area contributed by atoms with Crippen LogP contribution in [0.25, 0.3) is 0 Å². The summed E-state index contributed by atoms with van der Waals surface area (Å²) in [6, 6.07) is 0. The van der Waals surface area contributed by atoms with Gasteiger partial charge >= 0.3 is 0 Å². The molecule has 3 heteroatoms. The Morgan fingerprint density at radius 1 is 1.23 bits per heavy atom. The van der Waals surface area contributed by atoms with Crippen molar-refractivity contribution in [2.75, 3.05) is 6.54 Å². The summed E-state index contributed by atoms with van der Waals surface area (Å²) in [7, 11) is 0. The van der Waals surface area contributed by atoms with Crippen molar-refractivity contribution in [1.82, 2.24) is 16.0 Å². The predicted molar refractivity (Wildman–Crippen MR) is 55.5 cm³/mol. The van der Waals surface area contributed by atoms with E-state index in [0.29, 0.717) is 0 Å². The summed E-state index contributed by atoms with van der Waals surface area (Å²) in [4.78, 5) is 0. The maximum Gasteiger partial charge on any atom is 0.0482 e. The minimum atomic E-state index is 1.12. The average Bonchev–Trinajstić information content (AvgIpc) is 2.54. The lowest BCUT2D eigenvalue weighted by atomic mass is 10.2. The maximum absolute atomic E-state index is 3.14. The second-order valence-corrected chi connectivity index (χ2v) is 3.50. The van der Waals surface area contributed by atoms with E-state index in [9.17, 15) is 0 Å². The second kappa shape index (κ2) is 5.86. The Kier molecular flexibility index (Phi) is 4.68. The van der Waals surface area contributed by atoms with Crippen molar-refractivity contribution in [2.24, 2.45) is 0 Å². The average molecular weight is 183 g/mol. The van der Waals surface area contributed by atoms with Crippen LogP contribution in [0.5, 0.6) is 0 Å². The van der Waals surface area contributed by atoms with Crippen LogP contribution in [0.15, 0.2) is 11.9 Å². The summed E-state index contributed by atoms with van der Waals surface area (Å²) in [5.74, 6) is 0. The molecule has 0 amide bonds. The van der Waals surface area contributed by atoms with Gasteiger partial charge in [-0.25, -0.2) is 0 Å². The molecule has 0 spiro atoms. The van der Waals surface area contributed by atoms with E-state index in [2.05, 4.69) is 36.0 Å². The molecule has 0 aliphatic carbocycles. The normalized spacial score (nSPS) is 15.8. The van der Waals surface area contributed by atoms with E-state index >= 15 is 0 Å². The lowest BCUT2D eigenvalue weighted by Gasteiger charge is -2.20. The van der Waals surface area contributed by atoms with E-state index < -0.39 is 0 Å². The van der Waals surface area contributed by atoms with Crippen molar-refractivity contribution in [3.05, 3.63) is 11.9 Å². The molecule has 0 aromatic heterocycles. The van der Waals surface area contributed by atoms with Crippen LogP contribution in [0.3, 0.4) is 0 Å².